The van der Waals surface area contributed by atoms with Crippen molar-refractivity contribution in [2.45, 2.75) is 25.3 Å². The van der Waals surface area contributed by atoms with Crippen molar-refractivity contribution in [3.8, 4) is 5.75 Å². The van der Waals surface area contributed by atoms with Gasteiger partial charge in [0.25, 0.3) is 0 Å². The smallest absolute Gasteiger partial charge is 0.139 e. The van der Waals surface area contributed by atoms with E-state index in [9.17, 15) is 4.39 Å². The van der Waals surface area contributed by atoms with Gasteiger partial charge in [-0.25, -0.2) is 9.38 Å². The first kappa shape index (κ1) is 18.7. The fourth-order valence-corrected chi connectivity index (χ4v) is 4.05. The predicted octanol–water partition coefficient (Wildman–Crippen LogP) is 3.59. The van der Waals surface area contributed by atoms with E-state index in [1.807, 2.05) is 30.3 Å². The maximum Gasteiger partial charge on any atom is 0.139 e. The lowest BCUT2D eigenvalue weighted by Gasteiger charge is -2.32. The van der Waals surface area contributed by atoms with Crippen LogP contribution in [-0.2, 0) is 0 Å². The molecule has 1 saturated heterocycles. The van der Waals surface area contributed by atoms with Crippen molar-refractivity contribution in [2.75, 3.05) is 33.3 Å². The summed E-state index contributed by atoms with van der Waals surface area (Å²) < 4.78 is 20.1. The highest BCUT2D eigenvalue weighted by molar-refractivity contribution is 5.95. The van der Waals surface area contributed by atoms with E-state index in [0.29, 0.717) is 13.2 Å². The van der Waals surface area contributed by atoms with Crippen LogP contribution in [0, 0.1) is 5.82 Å². The van der Waals surface area contributed by atoms with Crippen molar-refractivity contribution in [1.82, 2.24) is 15.1 Å². The zero-order chi connectivity index (χ0) is 19.5. The van der Waals surface area contributed by atoms with Gasteiger partial charge in [0.15, 0.2) is 0 Å². The second-order valence-electron chi connectivity index (χ2n) is 7.36. The van der Waals surface area contributed by atoms with Gasteiger partial charge in [0.2, 0.25) is 0 Å². The van der Waals surface area contributed by atoms with Gasteiger partial charge in [0.05, 0.1) is 12.6 Å². The number of nitrogens with one attached hydrogen (secondary N) is 1. The molecule has 3 heterocycles. The topological polar surface area (TPSA) is 40.1 Å². The number of benzene rings is 1. The van der Waals surface area contributed by atoms with E-state index in [4.69, 9.17) is 9.73 Å². The summed E-state index contributed by atoms with van der Waals surface area (Å²) in [6.45, 7) is 7.00. The van der Waals surface area contributed by atoms with Crippen LogP contribution in [0.3, 0.4) is 0 Å². The van der Waals surface area contributed by atoms with Gasteiger partial charge in [-0.1, -0.05) is 12.7 Å². The Morgan fingerprint density at radius 2 is 2.25 bits per heavy atom. The molecule has 2 bridgehead atoms. The number of ether oxygens (including phenoxy) is 1. The summed E-state index contributed by atoms with van der Waals surface area (Å²) in [6.07, 6.45) is 8.80. The minimum atomic E-state index is -0.229. The number of rotatable bonds is 1. The number of amidine groups is 1. The number of halogens is 1. The molecule has 1 N–H and O–H groups in total. The molecule has 0 aliphatic carbocycles. The summed E-state index contributed by atoms with van der Waals surface area (Å²) in [5, 5.41) is 3.44. The third-order valence-corrected chi connectivity index (χ3v) is 5.48. The molecular formula is C22H27FN4O. The fraction of sp³-hybridized carbons (Fsp3) is 0.409. The Morgan fingerprint density at radius 1 is 1.36 bits per heavy atom. The molecule has 0 saturated carbocycles. The van der Waals surface area contributed by atoms with Crippen LogP contribution in [0.1, 0.15) is 30.9 Å². The van der Waals surface area contributed by atoms with Gasteiger partial charge in [-0.2, -0.15) is 0 Å². The number of aliphatic imine (C=N–C) groups is 1. The van der Waals surface area contributed by atoms with Gasteiger partial charge in [0, 0.05) is 37.5 Å². The average molecular weight is 382 g/mol. The molecule has 28 heavy (non-hydrogen) atoms. The maximum absolute atomic E-state index is 14.1. The molecule has 0 spiro atoms. The van der Waals surface area contributed by atoms with Crippen LogP contribution >= 0.6 is 0 Å². The highest BCUT2D eigenvalue weighted by Crippen LogP contribution is 2.38. The molecule has 4 rings (SSSR count). The summed E-state index contributed by atoms with van der Waals surface area (Å²) in [5.41, 5.74) is 1.97. The third kappa shape index (κ3) is 3.69. The Hall–Kier alpha value is -2.60. The fourth-order valence-electron chi connectivity index (χ4n) is 4.05. The van der Waals surface area contributed by atoms with Gasteiger partial charge in [0.1, 0.15) is 23.2 Å². The normalized spacial score (nSPS) is 25.4. The molecule has 1 atom stereocenters. The molecule has 6 heteroatoms. The summed E-state index contributed by atoms with van der Waals surface area (Å²) >= 11 is 0. The summed E-state index contributed by atoms with van der Waals surface area (Å²) in [5.74, 6) is 2.35. The summed E-state index contributed by atoms with van der Waals surface area (Å²) in [4.78, 5) is 9.25. The van der Waals surface area contributed by atoms with Gasteiger partial charge in [-0.05, 0) is 50.1 Å². The summed E-state index contributed by atoms with van der Waals surface area (Å²) in [6, 6.07) is 4.91. The van der Waals surface area contributed by atoms with Crippen molar-refractivity contribution < 1.29 is 9.13 Å². The van der Waals surface area contributed by atoms with E-state index >= 15 is 0 Å². The van der Waals surface area contributed by atoms with Crippen LogP contribution in [0.4, 0.5) is 4.39 Å². The van der Waals surface area contributed by atoms with Gasteiger partial charge in [-0.15, -0.1) is 0 Å². The minimum absolute atomic E-state index is 0.0620. The molecule has 1 aromatic carbocycles. The first-order chi connectivity index (χ1) is 13.7. The lowest BCUT2D eigenvalue weighted by atomic mass is 10.0. The second-order valence-corrected chi connectivity index (χ2v) is 7.36. The molecule has 1 fully saturated rings. The van der Waals surface area contributed by atoms with Crippen LogP contribution in [-0.4, -0.2) is 48.9 Å². The zero-order valence-corrected chi connectivity index (χ0v) is 16.3. The van der Waals surface area contributed by atoms with E-state index in [1.54, 1.807) is 12.1 Å². The van der Waals surface area contributed by atoms with Crippen molar-refractivity contribution in [3.63, 3.8) is 0 Å². The van der Waals surface area contributed by atoms with Crippen molar-refractivity contribution in [1.29, 1.82) is 0 Å². The largest absolute Gasteiger partial charge is 0.493 e. The van der Waals surface area contributed by atoms with E-state index < -0.39 is 0 Å². The van der Waals surface area contributed by atoms with Gasteiger partial charge in [-0.3, -0.25) is 0 Å². The van der Waals surface area contributed by atoms with Crippen LogP contribution in [0.2, 0.25) is 0 Å². The van der Waals surface area contributed by atoms with Crippen LogP contribution in [0.5, 0.6) is 5.75 Å². The molecule has 3 aliphatic heterocycles. The lowest BCUT2D eigenvalue weighted by Crippen LogP contribution is -2.33. The van der Waals surface area contributed by atoms with E-state index in [1.165, 1.54) is 6.07 Å². The van der Waals surface area contributed by atoms with E-state index in [-0.39, 0.29) is 11.9 Å². The van der Waals surface area contributed by atoms with Crippen LogP contribution in [0.25, 0.3) is 0 Å². The molecule has 1 unspecified atom stereocenters. The molecule has 0 amide bonds. The maximum atomic E-state index is 14.1. The van der Waals surface area contributed by atoms with Crippen molar-refractivity contribution in [2.24, 2.45) is 4.99 Å². The first-order valence-electron chi connectivity index (χ1n) is 9.92. The number of hydrogen-bond acceptors (Lipinski definition) is 5. The lowest BCUT2D eigenvalue weighted by molar-refractivity contribution is 0.294. The van der Waals surface area contributed by atoms with Crippen LogP contribution < -0.4 is 10.1 Å². The molecular weight excluding hydrogens is 355 g/mol. The second kappa shape index (κ2) is 8.19. The molecule has 0 radical (unpaired) electrons. The summed E-state index contributed by atoms with van der Waals surface area (Å²) in [7, 11) is 2.00. The SMILES string of the molecule is C=C/C1=C2/N=C(C=CN2C)N2CCCC2c2cc(F)ccc2OCCCNC1. The Bertz CT molecular complexity index is 845. The Kier molecular flexibility index (Phi) is 5.48. The number of hydrogen-bond donors (Lipinski definition) is 1. The standard InChI is InChI=1S/C22H27FN4O/c1-3-16-15-24-10-5-13-28-20-8-7-17(23)14-18(20)19-6-4-11-27(19)21-9-12-26(2)22(16)25-21/h3,7-9,12,14,19,24H,1,4-6,10-11,13,15H2,2H3/b22-16+. The third-order valence-electron chi connectivity index (χ3n) is 5.48. The molecule has 1 aromatic rings. The molecule has 3 aliphatic rings. The number of nitrogens with zero attached hydrogens (tertiary/aromatic N) is 3. The highest BCUT2D eigenvalue weighted by Gasteiger charge is 2.31. The van der Waals surface area contributed by atoms with Crippen LogP contribution in [0.15, 0.2) is 59.5 Å². The first-order valence-corrected chi connectivity index (χ1v) is 9.92. The predicted molar refractivity (Wildman–Crippen MR) is 110 cm³/mol. The Labute approximate surface area is 165 Å². The van der Waals surface area contributed by atoms with E-state index in [2.05, 4.69) is 16.8 Å². The van der Waals surface area contributed by atoms with Gasteiger partial charge < -0.3 is 19.9 Å². The average Bonchev–Trinajstić information content (AvgIpc) is 3.18. The quantitative estimate of drug-likeness (QED) is 0.806. The minimum Gasteiger partial charge on any atom is -0.493 e. The molecule has 148 valence electrons. The zero-order valence-electron chi connectivity index (χ0n) is 16.3. The number of fused-ring (bicyclic) bond motifs is 5. The Morgan fingerprint density at radius 3 is 3.11 bits per heavy atom. The molecule has 5 nitrogen and oxygen atoms in total. The van der Waals surface area contributed by atoms with Gasteiger partial charge >= 0.3 is 0 Å². The van der Waals surface area contributed by atoms with Crippen molar-refractivity contribution in [3.05, 3.63) is 65.9 Å². The monoisotopic (exact) mass is 382 g/mol. The van der Waals surface area contributed by atoms with Crippen molar-refractivity contribution >= 4 is 5.84 Å². The molecule has 0 aromatic heterocycles. The highest BCUT2D eigenvalue weighted by atomic mass is 19.1. The Balaban J connectivity index is 1.79. The van der Waals surface area contributed by atoms with E-state index in [0.717, 1.165) is 60.9 Å².